The number of aromatic nitrogens is 2. The molecule has 0 saturated carbocycles. The van der Waals surface area contributed by atoms with Crippen LogP contribution in [-0.4, -0.2) is 46.2 Å². The van der Waals surface area contributed by atoms with Crippen LogP contribution in [-0.2, 0) is 9.53 Å². The number of carbonyl (C=O) groups excluding carboxylic acids is 2. The summed E-state index contributed by atoms with van der Waals surface area (Å²) in [6, 6.07) is 0. The molecule has 0 unspecified atom stereocenters. The van der Waals surface area contributed by atoms with E-state index in [4.69, 9.17) is 4.74 Å². The molecule has 0 radical (unpaired) electrons. The summed E-state index contributed by atoms with van der Waals surface area (Å²) >= 11 is 1.11. The molecule has 0 aromatic carbocycles. The molecule has 1 saturated heterocycles. The highest BCUT2D eigenvalue weighted by atomic mass is 32.2. The number of thioether (sulfide) groups is 1. The van der Waals surface area contributed by atoms with Crippen molar-refractivity contribution in [2.24, 2.45) is 0 Å². The van der Waals surface area contributed by atoms with Gasteiger partial charge in [-0.1, -0.05) is 11.8 Å². The average Bonchev–Trinajstić information content (AvgIpc) is 2.96. The Balaban J connectivity index is 2.04. The van der Waals surface area contributed by atoms with Crippen molar-refractivity contribution < 1.29 is 14.3 Å². The van der Waals surface area contributed by atoms with Gasteiger partial charge in [-0.05, 0) is 33.6 Å². The number of hydrogen-bond acceptors (Lipinski definition) is 6. The van der Waals surface area contributed by atoms with Gasteiger partial charge in [0.05, 0.1) is 16.9 Å². The maximum Gasteiger partial charge on any atom is 0.346 e. The number of aromatic amines is 1. The number of carbonyl (C=O) groups is 2. The van der Waals surface area contributed by atoms with Crippen molar-refractivity contribution in [3.05, 3.63) is 21.7 Å². The van der Waals surface area contributed by atoms with E-state index in [1.165, 1.54) is 6.92 Å². The van der Waals surface area contributed by atoms with Crippen LogP contribution >= 0.6 is 11.8 Å². The number of ether oxygens (including phenoxy) is 1. The van der Waals surface area contributed by atoms with Gasteiger partial charge in [-0.3, -0.25) is 9.59 Å². The Morgan fingerprint density at radius 2 is 2.26 bits per heavy atom. The Bertz CT molecular complexity index is 653. The Labute approximate surface area is 138 Å². The minimum atomic E-state index is -0.526. The fourth-order valence-corrected chi connectivity index (χ4v) is 3.52. The molecule has 2 N–H and O–H groups in total. The first-order valence-electron chi connectivity index (χ1n) is 7.56. The quantitative estimate of drug-likeness (QED) is 0.456. The van der Waals surface area contributed by atoms with E-state index >= 15 is 0 Å². The Morgan fingerprint density at radius 1 is 1.52 bits per heavy atom. The largest absolute Gasteiger partial charge is 0.376 e. The maximum absolute atomic E-state index is 12.2. The number of H-pyrrole nitrogens is 1. The monoisotopic (exact) mass is 339 g/mol. The van der Waals surface area contributed by atoms with Crippen molar-refractivity contribution in [3.8, 4) is 0 Å². The van der Waals surface area contributed by atoms with Gasteiger partial charge in [0.2, 0.25) is 5.91 Å². The highest BCUT2D eigenvalue weighted by molar-refractivity contribution is 8.00. The van der Waals surface area contributed by atoms with Crippen molar-refractivity contribution in [3.63, 3.8) is 0 Å². The molecular formula is C15H21N3O4S. The first-order chi connectivity index (χ1) is 10.9. The zero-order chi connectivity index (χ0) is 17.0. The Kier molecular flexibility index (Phi) is 5.95. The lowest BCUT2D eigenvalue weighted by Gasteiger charge is -2.15. The molecule has 1 aliphatic rings. The standard InChI is InChI=1S/C15H21N3O4S/c1-8-12(9(2)19)14(18-15(21)17-8)23-10(3)13(20)16-7-11-5-4-6-22-11/h10-11H,4-7H2,1-3H3,(H,16,20)(H,17,18,21)/t10-,11-/m0/s1. The molecule has 1 fully saturated rings. The molecule has 1 aliphatic heterocycles. The van der Waals surface area contributed by atoms with E-state index in [1.54, 1.807) is 13.8 Å². The molecular weight excluding hydrogens is 318 g/mol. The summed E-state index contributed by atoms with van der Waals surface area (Å²) in [5, 5.41) is 2.66. The number of hydrogen-bond donors (Lipinski definition) is 2. The van der Waals surface area contributed by atoms with E-state index in [2.05, 4.69) is 15.3 Å². The molecule has 2 atom stereocenters. The van der Waals surface area contributed by atoms with Gasteiger partial charge in [0, 0.05) is 18.8 Å². The molecule has 2 heterocycles. The van der Waals surface area contributed by atoms with Gasteiger partial charge in [0.15, 0.2) is 5.78 Å². The second-order valence-corrected chi connectivity index (χ2v) is 6.87. The SMILES string of the molecule is CC(=O)c1c(S[C@@H](C)C(=O)NC[C@@H]2CCCO2)nc(=O)[nH]c1C. The Hall–Kier alpha value is -1.67. The minimum Gasteiger partial charge on any atom is -0.376 e. The van der Waals surface area contributed by atoms with Crippen LogP contribution in [0.4, 0.5) is 0 Å². The van der Waals surface area contributed by atoms with Crippen LogP contribution in [0.1, 0.15) is 42.7 Å². The van der Waals surface area contributed by atoms with Crippen molar-refractivity contribution in [2.45, 2.75) is 50.0 Å². The summed E-state index contributed by atoms with van der Waals surface area (Å²) in [4.78, 5) is 41.8. The van der Waals surface area contributed by atoms with Gasteiger partial charge in [-0.25, -0.2) is 4.79 Å². The summed E-state index contributed by atoms with van der Waals surface area (Å²) in [7, 11) is 0. The number of nitrogens with one attached hydrogen (secondary N) is 2. The fourth-order valence-electron chi connectivity index (χ4n) is 2.44. The van der Waals surface area contributed by atoms with Crippen molar-refractivity contribution >= 4 is 23.5 Å². The first-order valence-corrected chi connectivity index (χ1v) is 8.44. The van der Waals surface area contributed by atoms with Crippen LogP contribution in [0.5, 0.6) is 0 Å². The van der Waals surface area contributed by atoms with Gasteiger partial charge in [-0.15, -0.1) is 0 Å². The van der Waals surface area contributed by atoms with Crippen LogP contribution in [0, 0.1) is 6.92 Å². The summed E-state index contributed by atoms with van der Waals surface area (Å²) < 4.78 is 5.46. The molecule has 8 heteroatoms. The maximum atomic E-state index is 12.2. The number of ketones is 1. The summed E-state index contributed by atoms with van der Waals surface area (Å²) in [6.07, 6.45) is 2.04. The summed E-state index contributed by atoms with van der Waals surface area (Å²) in [5.41, 5.74) is 0.294. The highest BCUT2D eigenvalue weighted by Crippen LogP contribution is 2.25. The van der Waals surface area contributed by atoms with Gasteiger partial charge in [0.1, 0.15) is 5.03 Å². The third-order valence-corrected chi connectivity index (χ3v) is 4.71. The normalized spacial score (nSPS) is 18.7. The van der Waals surface area contributed by atoms with Crippen LogP contribution in [0.2, 0.25) is 0 Å². The second-order valence-electron chi connectivity index (χ2n) is 5.54. The van der Waals surface area contributed by atoms with Gasteiger partial charge in [0.25, 0.3) is 0 Å². The van der Waals surface area contributed by atoms with Gasteiger partial charge in [-0.2, -0.15) is 4.98 Å². The number of rotatable bonds is 6. The third-order valence-electron chi connectivity index (χ3n) is 3.62. The predicted molar refractivity (Wildman–Crippen MR) is 86.9 cm³/mol. The lowest BCUT2D eigenvalue weighted by Crippen LogP contribution is -2.36. The van der Waals surface area contributed by atoms with Crippen molar-refractivity contribution in [1.82, 2.24) is 15.3 Å². The lowest BCUT2D eigenvalue weighted by molar-refractivity contribution is -0.120. The smallest absolute Gasteiger partial charge is 0.346 e. The average molecular weight is 339 g/mol. The number of nitrogens with zero attached hydrogens (tertiary/aromatic N) is 1. The number of aryl methyl sites for hydroxylation is 1. The van der Waals surface area contributed by atoms with Gasteiger partial charge >= 0.3 is 5.69 Å². The molecule has 0 bridgehead atoms. The van der Waals surface area contributed by atoms with E-state index in [-0.39, 0.29) is 17.8 Å². The topological polar surface area (TPSA) is 101 Å². The predicted octanol–water partition coefficient (Wildman–Crippen LogP) is 1.06. The van der Waals surface area contributed by atoms with E-state index in [1.807, 2.05) is 0 Å². The van der Waals surface area contributed by atoms with Gasteiger partial charge < -0.3 is 15.0 Å². The third kappa shape index (κ3) is 4.65. The molecule has 1 amide bonds. The Morgan fingerprint density at radius 3 is 2.87 bits per heavy atom. The first kappa shape index (κ1) is 17.7. The molecule has 23 heavy (non-hydrogen) atoms. The molecule has 1 aromatic heterocycles. The van der Waals surface area contributed by atoms with Crippen LogP contribution < -0.4 is 11.0 Å². The zero-order valence-corrected chi connectivity index (χ0v) is 14.3. The second kappa shape index (κ2) is 7.74. The zero-order valence-electron chi connectivity index (χ0n) is 13.5. The van der Waals surface area contributed by atoms with Crippen molar-refractivity contribution in [1.29, 1.82) is 0 Å². The molecule has 0 aliphatic carbocycles. The van der Waals surface area contributed by atoms with E-state index < -0.39 is 10.9 Å². The highest BCUT2D eigenvalue weighted by Gasteiger charge is 2.22. The summed E-state index contributed by atoms with van der Waals surface area (Å²) in [6.45, 7) is 5.99. The van der Waals surface area contributed by atoms with E-state index in [0.29, 0.717) is 22.8 Å². The van der Waals surface area contributed by atoms with Crippen LogP contribution in [0.3, 0.4) is 0 Å². The minimum absolute atomic E-state index is 0.0730. The fraction of sp³-hybridized carbons (Fsp3) is 0.600. The van der Waals surface area contributed by atoms with Crippen molar-refractivity contribution in [2.75, 3.05) is 13.2 Å². The molecule has 1 aromatic rings. The van der Waals surface area contributed by atoms with Crippen LogP contribution in [0.25, 0.3) is 0 Å². The summed E-state index contributed by atoms with van der Waals surface area (Å²) in [5.74, 6) is -0.361. The van der Waals surface area contributed by atoms with Crippen LogP contribution in [0.15, 0.2) is 9.82 Å². The van der Waals surface area contributed by atoms with E-state index in [0.717, 1.165) is 31.2 Å². The van der Waals surface area contributed by atoms with E-state index in [9.17, 15) is 14.4 Å². The molecule has 0 spiro atoms. The molecule has 2 rings (SSSR count). The molecule has 126 valence electrons. The number of Topliss-reactive ketones (excluding diaryl/α,β-unsaturated/α-hetero) is 1. The lowest BCUT2D eigenvalue weighted by atomic mass is 10.2. The number of amides is 1. The molecule has 7 nitrogen and oxygen atoms in total.